The van der Waals surface area contributed by atoms with Crippen molar-refractivity contribution in [3.05, 3.63) is 59.7 Å². The van der Waals surface area contributed by atoms with Crippen molar-refractivity contribution in [3.8, 4) is 0 Å². The molecule has 0 saturated heterocycles. The summed E-state index contributed by atoms with van der Waals surface area (Å²) in [6.07, 6.45) is 0. The first kappa shape index (κ1) is 16.5. The Balaban J connectivity index is 1.59. The van der Waals surface area contributed by atoms with Crippen LogP contribution in [0.2, 0.25) is 0 Å². The Kier molecular flexibility index (Phi) is 4.82. The van der Waals surface area contributed by atoms with Gasteiger partial charge in [0.2, 0.25) is 5.91 Å². The molecule has 0 radical (unpaired) electrons. The standard InChI is InChI=1S/C17H15F2N3OS/c1-22(9-11-3-2-4-12(18)7-11)10-16(23)21-17-20-14-6-5-13(19)8-15(14)24-17/h2-8H,9-10H2,1H3,(H,20,21,23). The summed E-state index contributed by atoms with van der Waals surface area (Å²) in [7, 11) is 1.78. The van der Waals surface area contributed by atoms with Gasteiger partial charge in [-0.25, -0.2) is 13.8 Å². The Morgan fingerprint density at radius 2 is 2.00 bits per heavy atom. The first-order valence-corrected chi connectivity index (χ1v) is 8.10. The number of likely N-dealkylation sites (N-methyl/N-ethyl adjacent to an activating group) is 1. The fraction of sp³-hybridized carbons (Fsp3) is 0.176. The van der Waals surface area contributed by atoms with Crippen LogP contribution < -0.4 is 5.32 Å². The molecule has 0 aliphatic rings. The third-order valence-electron chi connectivity index (χ3n) is 3.35. The second kappa shape index (κ2) is 7.02. The molecule has 3 rings (SSSR count). The van der Waals surface area contributed by atoms with E-state index in [-0.39, 0.29) is 24.1 Å². The van der Waals surface area contributed by atoms with Crippen molar-refractivity contribution in [2.75, 3.05) is 18.9 Å². The number of nitrogens with zero attached hydrogens (tertiary/aromatic N) is 2. The smallest absolute Gasteiger partial charge is 0.240 e. The molecule has 1 heterocycles. The van der Waals surface area contributed by atoms with E-state index < -0.39 is 0 Å². The van der Waals surface area contributed by atoms with E-state index in [4.69, 9.17) is 0 Å². The lowest BCUT2D eigenvalue weighted by Gasteiger charge is -2.15. The highest BCUT2D eigenvalue weighted by atomic mass is 32.1. The number of anilines is 1. The van der Waals surface area contributed by atoms with E-state index in [9.17, 15) is 13.6 Å². The molecular weight excluding hydrogens is 332 g/mol. The predicted molar refractivity (Wildman–Crippen MR) is 90.9 cm³/mol. The number of carbonyl (C=O) groups is 1. The molecular formula is C17H15F2N3OS. The largest absolute Gasteiger partial charge is 0.301 e. The lowest BCUT2D eigenvalue weighted by Crippen LogP contribution is -2.29. The van der Waals surface area contributed by atoms with Gasteiger partial charge in [-0.3, -0.25) is 9.69 Å². The van der Waals surface area contributed by atoms with Gasteiger partial charge in [-0.1, -0.05) is 23.5 Å². The summed E-state index contributed by atoms with van der Waals surface area (Å²) in [5.41, 5.74) is 1.44. The van der Waals surface area contributed by atoms with Crippen molar-refractivity contribution in [2.24, 2.45) is 0 Å². The fourth-order valence-electron chi connectivity index (χ4n) is 2.36. The Hall–Kier alpha value is -2.38. The summed E-state index contributed by atoms with van der Waals surface area (Å²) in [6.45, 7) is 0.594. The molecule has 2 aromatic carbocycles. The highest BCUT2D eigenvalue weighted by Crippen LogP contribution is 2.26. The Bertz CT molecular complexity index is 881. The van der Waals surface area contributed by atoms with E-state index in [0.29, 0.717) is 21.9 Å². The van der Waals surface area contributed by atoms with E-state index in [2.05, 4.69) is 10.3 Å². The number of rotatable bonds is 5. The van der Waals surface area contributed by atoms with Crippen LogP contribution in [-0.2, 0) is 11.3 Å². The molecule has 3 aromatic rings. The van der Waals surface area contributed by atoms with Crippen LogP contribution in [0.5, 0.6) is 0 Å². The number of aromatic nitrogens is 1. The topological polar surface area (TPSA) is 45.2 Å². The van der Waals surface area contributed by atoms with E-state index in [1.807, 2.05) is 0 Å². The van der Waals surface area contributed by atoms with Gasteiger partial charge in [0, 0.05) is 6.54 Å². The second-order valence-electron chi connectivity index (χ2n) is 5.48. The Morgan fingerprint density at radius 3 is 2.79 bits per heavy atom. The van der Waals surface area contributed by atoms with Crippen LogP contribution in [0.25, 0.3) is 10.2 Å². The SMILES string of the molecule is CN(CC(=O)Nc1nc2ccc(F)cc2s1)Cc1cccc(F)c1. The van der Waals surface area contributed by atoms with Gasteiger partial charge >= 0.3 is 0 Å². The molecule has 1 N–H and O–H groups in total. The molecule has 124 valence electrons. The number of benzene rings is 2. The minimum atomic E-state index is -0.334. The zero-order chi connectivity index (χ0) is 17.1. The summed E-state index contributed by atoms with van der Waals surface area (Å²) in [5, 5.41) is 3.14. The number of hydrogen-bond donors (Lipinski definition) is 1. The maximum absolute atomic E-state index is 13.2. The van der Waals surface area contributed by atoms with E-state index >= 15 is 0 Å². The van der Waals surface area contributed by atoms with Crippen LogP contribution in [0, 0.1) is 11.6 Å². The lowest BCUT2D eigenvalue weighted by atomic mass is 10.2. The van der Waals surface area contributed by atoms with Crippen LogP contribution in [-0.4, -0.2) is 29.4 Å². The van der Waals surface area contributed by atoms with Gasteiger partial charge in [0.05, 0.1) is 16.8 Å². The van der Waals surface area contributed by atoms with Crippen LogP contribution in [0.15, 0.2) is 42.5 Å². The first-order chi connectivity index (χ1) is 11.5. The molecule has 0 aliphatic carbocycles. The molecule has 0 unspecified atom stereocenters. The van der Waals surface area contributed by atoms with Crippen LogP contribution in [0.3, 0.4) is 0 Å². The van der Waals surface area contributed by atoms with Gasteiger partial charge in [-0.15, -0.1) is 0 Å². The molecule has 0 fully saturated rings. The number of amides is 1. The third-order valence-corrected chi connectivity index (χ3v) is 4.29. The van der Waals surface area contributed by atoms with Crippen molar-refractivity contribution in [3.63, 3.8) is 0 Å². The van der Waals surface area contributed by atoms with Gasteiger partial charge in [-0.05, 0) is 42.9 Å². The van der Waals surface area contributed by atoms with E-state index in [1.165, 1.54) is 35.6 Å². The average Bonchev–Trinajstić information content (AvgIpc) is 2.87. The lowest BCUT2D eigenvalue weighted by molar-refractivity contribution is -0.117. The summed E-state index contributed by atoms with van der Waals surface area (Å²) in [5.74, 6) is -0.862. The molecule has 0 saturated carbocycles. The molecule has 0 atom stereocenters. The summed E-state index contributed by atoms with van der Waals surface area (Å²) in [6, 6.07) is 10.6. The van der Waals surface area contributed by atoms with Gasteiger partial charge in [0.1, 0.15) is 11.6 Å². The fourth-order valence-corrected chi connectivity index (χ4v) is 3.27. The zero-order valence-corrected chi connectivity index (χ0v) is 13.7. The first-order valence-electron chi connectivity index (χ1n) is 7.28. The molecule has 1 aromatic heterocycles. The van der Waals surface area contributed by atoms with E-state index in [1.54, 1.807) is 30.1 Å². The maximum Gasteiger partial charge on any atom is 0.240 e. The zero-order valence-electron chi connectivity index (χ0n) is 12.9. The Labute approximate surface area is 141 Å². The summed E-state index contributed by atoms with van der Waals surface area (Å²) < 4.78 is 27.0. The summed E-state index contributed by atoms with van der Waals surface area (Å²) >= 11 is 1.22. The number of fused-ring (bicyclic) bond motifs is 1. The predicted octanol–water partition coefficient (Wildman–Crippen LogP) is 3.65. The monoisotopic (exact) mass is 347 g/mol. The van der Waals surface area contributed by atoms with Crippen molar-refractivity contribution >= 4 is 32.6 Å². The Morgan fingerprint density at radius 1 is 1.21 bits per heavy atom. The molecule has 0 spiro atoms. The van der Waals surface area contributed by atoms with Crippen molar-refractivity contribution in [2.45, 2.75) is 6.54 Å². The average molecular weight is 347 g/mol. The molecule has 0 bridgehead atoms. The number of halogens is 2. The number of carbonyl (C=O) groups excluding carboxylic acids is 1. The quantitative estimate of drug-likeness (QED) is 0.766. The van der Waals surface area contributed by atoms with Gasteiger partial charge in [-0.2, -0.15) is 0 Å². The molecule has 7 heteroatoms. The van der Waals surface area contributed by atoms with E-state index in [0.717, 1.165) is 5.56 Å². The molecule has 24 heavy (non-hydrogen) atoms. The van der Waals surface area contributed by atoms with Crippen LogP contribution in [0.1, 0.15) is 5.56 Å². The number of thiazole rings is 1. The second-order valence-corrected chi connectivity index (χ2v) is 6.51. The van der Waals surface area contributed by atoms with Crippen LogP contribution in [0.4, 0.5) is 13.9 Å². The minimum absolute atomic E-state index is 0.140. The highest BCUT2D eigenvalue weighted by Gasteiger charge is 2.11. The highest BCUT2D eigenvalue weighted by molar-refractivity contribution is 7.22. The van der Waals surface area contributed by atoms with Gasteiger partial charge in [0.25, 0.3) is 0 Å². The number of nitrogens with one attached hydrogen (secondary N) is 1. The summed E-state index contributed by atoms with van der Waals surface area (Å²) in [4.78, 5) is 18.1. The number of hydrogen-bond acceptors (Lipinski definition) is 4. The van der Waals surface area contributed by atoms with Crippen LogP contribution >= 0.6 is 11.3 Å². The van der Waals surface area contributed by atoms with Crippen molar-refractivity contribution in [1.29, 1.82) is 0 Å². The van der Waals surface area contributed by atoms with Crippen molar-refractivity contribution in [1.82, 2.24) is 9.88 Å². The maximum atomic E-state index is 13.2. The van der Waals surface area contributed by atoms with Gasteiger partial charge < -0.3 is 5.32 Å². The minimum Gasteiger partial charge on any atom is -0.301 e. The third kappa shape index (κ3) is 4.12. The normalized spacial score (nSPS) is 11.2. The van der Waals surface area contributed by atoms with Gasteiger partial charge in [0.15, 0.2) is 5.13 Å². The molecule has 4 nitrogen and oxygen atoms in total. The molecule has 0 aliphatic heterocycles. The molecule has 1 amide bonds. The van der Waals surface area contributed by atoms with Crippen molar-refractivity contribution < 1.29 is 13.6 Å².